The fourth-order valence-electron chi connectivity index (χ4n) is 2.90. The molecule has 0 radical (unpaired) electrons. The van der Waals surface area contributed by atoms with Crippen LogP contribution in [0.3, 0.4) is 0 Å². The lowest BCUT2D eigenvalue weighted by molar-refractivity contribution is 0.414. The van der Waals surface area contributed by atoms with Gasteiger partial charge in [-0.05, 0) is 60.7 Å². The first-order valence-corrected chi connectivity index (χ1v) is 8.27. The van der Waals surface area contributed by atoms with Crippen LogP contribution in [0.5, 0.6) is 5.75 Å². The van der Waals surface area contributed by atoms with Gasteiger partial charge in [0.1, 0.15) is 23.5 Å². The van der Waals surface area contributed by atoms with E-state index in [0.717, 1.165) is 17.1 Å². The molecule has 0 spiro atoms. The van der Waals surface area contributed by atoms with Crippen molar-refractivity contribution in [1.29, 1.82) is 5.26 Å². The third kappa shape index (κ3) is 3.18. The number of imidazole rings is 1. The molecule has 0 aliphatic rings. The Morgan fingerprint density at radius 2 is 2.04 bits per heavy atom. The van der Waals surface area contributed by atoms with Gasteiger partial charge in [-0.25, -0.2) is 9.37 Å². The first-order chi connectivity index (χ1) is 13.2. The largest absolute Gasteiger partial charge is 0.497 e. The van der Waals surface area contributed by atoms with Crippen molar-refractivity contribution in [3.05, 3.63) is 78.1 Å². The van der Waals surface area contributed by atoms with Gasteiger partial charge in [0, 0.05) is 17.6 Å². The highest BCUT2D eigenvalue weighted by atomic mass is 19.1. The lowest BCUT2D eigenvalue weighted by atomic mass is 10.2. The van der Waals surface area contributed by atoms with Crippen LogP contribution in [0.4, 0.5) is 4.39 Å². The summed E-state index contributed by atoms with van der Waals surface area (Å²) < 4.78 is 20.5. The Balaban J connectivity index is 1.75. The second-order valence-corrected chi connectivity index (χ2v) is 5.92. The van der Waals surface area contributed by atoms with Crippen LogP contribution in [0, 0.1) is 17.1 Å². The Morgan fingerprint density at radius 1 is 1.22 bits per heavy atom. The fourth-order valence-corrected chi connectivity index (χ4v) is 2.90. The molecule has 0 unspecified atom stereocenters. The standard InChI is InChI=1S/C21H15FN4O/c1-27-18-7-5-16(6-8-18)26-10-2-3-17(26)11-14(13-23)21-24-19-9-4-15(22)12-20(19)25-21/h2-12H,1H3,(H,24,25)/b14-11-. The first-order valence-electron chi connectivity index (χ1n) is 8.27. The number of ether oxygens (including phenoxy) is 1. The van der Waals surface area contributed by atoms with Gasteiger partial charge < -0.3 is 14.3 Å². The summed E-state index contributed by atoms with van der Waals surface area (Å²) in [6, 6.07) is 17.9. The van der Waals surface area contributed by atoms with Crippen LogP contribution in [0.2, 0.25) is 0 Å². The van der Waals surface area contributed by atoms with E-state index >= 15 is 0 Å². The number of aromatic amines is 1. The number of nitrogens with zero attached hydrogens (tertiary/aromatic N) is 3. The molecule has 2 heterocycles. The molecule has 0 aliphatic heterocycles. The lowest BCUT2D eigenvalue weighted by Crippen LogP contribution is -1.96. The van der Waals surface area contributed by atoms with E-state index < -0.39 is 0 Å². The van der Waals surface area contributed by atoms with Crippen LogP contribution >= 0.6 is 0 Å². The quantitative estimate of drug-likeness (QED) is 0.544. The molecule has 0 atom stereocenters. The molecule has 0 saturated heterocycles. The zero-order valence-corrected chi connectivity index (χ0v) is 14.5. The molecule has 0 saturated carbocycles. The molecule has 132 valence electrons. The van der Waals surface area contributed by atoms with Crippen LogP contribution in [0.15, 0.2) is 60.8 Å². The van der Waals surface area contributed by atoms with E-state index in [9.17, 15) is 9.65 Å². The average Bonchev–Trinajstić information content (AvgIpc) is 3.32. The molecule has 6 heteroatoms. The summed E-state index contributed by atoms with van der Waals surface area (Å²) in [5.74, 6) is 0.823. The van der Waals surface area contributed by atoms with Crippen LogP contribution in [0.1, 0.15) is 11.5 Å². The molecule has 27 heavy (non-hydrogen) atoms. The zero-order chi connectivity index (χ0) is 18.8. The summed E-state index contributed by atoms with van der Waals surface area (Å²) in [7, 11) is 1.62. The smallest absolute Gasteiger partial charge is 0.149 e. The highest BCUT2D eigenvalue weighted by molar-refractivity contribution is 5.90. The molecule has 4 aromatic rings. The van der Waals surface area contributed by atoms with E-state index in [-0.39, 0.29) is 5.82 Å². The molecule has 5 nitrogen and oxygen atoms in total. The van der Waals surface area contributed by atoms with Gasteiger partial charge in [-0.1, -0.05) is 0 Å². The van der Waals surface area contributed by atoms with E-state index in [2.05, 4.69) is 16.0 Å². The monoisotopic (exact) mass is 358 g/mol. The summed E-state index contributed by atoms with van der Waals surface area (Å²) in [5.41, 5.74) is 3.29. The van der Waals surface area contributed by atoms with Gasteiger partial charge in [-0.3, -0.25) is 0 Å². The number of rotatable bonds is 4. The molecule has 0 amide bonds. The number of fused-ring (bicyclic) bond motifs is 1. The molecule has 0 fully saturated rings. The van der Waals surface area contributed by atoms with Crippen molar-refractivity contribution in [2.75, 3.05) is 7.11 Å². The number of methoxy groups -OCH3 is 1. The number of allylic oxidation sites excluding steroid dienone is 1. The Morgan fingerprint density at radius 3 is 2.78 bits per heavy atom. The van der Waals surface area contributed by atoms with Crippen LogP contribution in [0.25, 0.3) is 28.4 Å². The molecule has 0 bridgehead atoms. The van der Waals surface area contributed by atoms with Crippen molar-refractivity contribution in [3.8, 4) is 17.5 Å². The maximum atomic E-state index is 13.4. The van der Waals surface area contributed by atoms with E-state index in [0.29, 0.717) is 22.4 Å². The van der Waals surface area contributed by atoms with Crippen molar-refractivity contribution < 1.29 is 9.13 Å². The van der Waals surface area contributed by atoms with Gasteiger partial charge in [0.15, 0.2) is 0 Å². The van der Waals surface area contributed by atoms with Crippen molar-refractivity contribution in [2.45, 2.75) is 0 Å². The van der Waals surface area contributed by atoms with Crippen molar-refractivity contribution in [1.82, 2.24) is 14.5 Å². The van der Waals surface area contributed by atoms with Crippen molar-refractivity contribution in [3.63, 3.8) is 0 Å². The van der Waals surface area contributed by atoms with Gasteiger partial charge in [0.2, 0.25) is 0 Å². The van der Waals surface area contributed by atoms with Crippen LogP contribution < -0.4 is 4.74 Å². The van der Waals surface area contributed by atoms with Gasteiger partial charge in [0.25, 0.3) is 0 Å². The number of halogens is 1. The highest BCUT2D eigenvalue weighted by Crippen LogP contribution is 2.23. The van der Waals surface area contributed by atoms with Crippen LogP contribution in [-0.2, 0) is 0 Å². The number of aromatic nitrogens is 3. The SMILES string of the molecule is COc1ccc(-n2cccc2/C=C(/C#N)c2nc3ccc(F)cc3[nH]2)cc1. The Bertz CT molecular complexity index is 1180. The van der Waals surface area contributed by atoms with Crippen molar-refractivity contribution in [2.24, 2.45) is 0 Å². The second kappa shape index (κ2) is 6.81. The summed E-state index contributed by atoms with van der Waals surface area (Å²) >= 11 is 0. The van der Waals surface area contributed by atoms with E-state index in [4.69, 9.17) is 4.74 Å². The van der Waals surface area contributed by atoms with E-state index in [1.165, 1.54) is 12.1 Å². The van der Waals surface area contributed by atoms with Gasteiger partial charge in [-0.15, -0.1) is 0 Å². The third-order valence-electron chi connectivity index (χ3n) is 4.24. The van der Waals surface area contributed by atoms with Crippen LogP contribution in [-0.4, -0.2) is 21.6 Å². The maximum absolute atomic E-state index is 13.4. The predicted molar refractivity (Wildman–Crippen MR) is 102 cm³/mol. The van der Waals surface area contributed by atoms with Gasteiger partial charge in [0.05, 0.1) is 23.7 Å². The summed E-state index contributed by atoms with van der Waals surface area (Å²) in [6.45, 7) is 0. The lowest BCUT2D eigenvalue weighted by Gasteiger charge is -2.08. The average molecular weight is 358 g/mol. The van der Waals surface area contributed by atoms with E-state index in [1.807, 2.05) is 47.2 Å². The molecule has 4 rings (SSSR count). The summed E-state index contributed by atoms with van der Waals surface area (Å²) in [4.78, 5) is 7.40. The third-order valence-corrected chi connectivity index (χ3v) is 4.24. The molecule has 1 N–H and O–H groups in total. The minimum Gasteiger partial charge on any atom is -0.497 e. The fraction of sp³-hybridized carbons (Fsp3) is 0.0476. The summed E-state index contributed by atoms with van der Waals surface area (Å²) in [5, 5.41) is 9.61. The predicted octanol–water partition coefficient (Wildman–Crippen LogP) is 4.57. The molecule has 0 aliphatic carbocycles. The first kappa shape index (κ1) is 16.6. The van der Waals surface area contributed by atoms with Gasteiger partial charge in [-0.2, -0.15) is 5.26 Å². The number of nitriles is 1. The number of benzene rings is 2. The summed E-state index contributed by atoms with van der Waals surface area (Å²) in [6.07, 6.45) is 3.66. The Labute approximate surface area is 155 Å². The normalized spacial score (nSPS) is 11.5. The number of H-pyrrole nitrogens is 1. The number of nitrogens with one attached hydrogen (secondary N) is 1. The minimum absolute atomic E-state index is 0.353. The maximum Gasteiger partial charge on any atom is 0.149 e. The highest BCUT2D eigenvalue weighted by Gasteiger charge is 2.10. The minimum atomic E-state index is -0.353. The zero-order valence-electron chi connectivity index (χ0n) is 14.5. The molecule has 2 aromatic heterocycles. The number of hydrogen-bond acceptors (Lipinski definition) is 3. The Kier molecular flexibility index (Phi) is 4.19. The topological polar surface area (TPSA) is 66.6 Å². The molecule has 2 aromatic carbocycles. The van der Waals surface area contributed by atoms with E-state index in [1.54, 1.807) is 19.3 Å². The molecular formula is C21H15FN4O. The Hall–Kier alpha value is -3.85. The molecular weight excluding hydrogens is 343 g/mol. The second-order valence-electron chi connectivity index (χ2n) is 5.92. The van der Waals surface area contributed by atoms with Crippen molar-refractivity contribution >= 4 is 22.7 Å². The number of hydrogen-bond donors (Lipinski definition) is 1. The van der Waals surface area contributed by atoms with Gasteiger partial charge >= 0.3 is 0 Å².